The number of carbonyl (C=O) groups is 1. The van der Waals surface area contributed by atoms with Gasteiger partial charge in [0.1, 0.15) is 0 Å². The molecule has 1 N–H and O–H groups in total. The Balaban J connectivity index is 1.70. The smallest absolute Gasteiger partial charge is 0.223 e. The summed E-state index contributed by atoms with van der Waals surface area (Å²) in [5.74, 6) is 1.03. The van der Waals surface area contributed by atoms with Gasteiger partial charge in [-0.1, -0.05) is 26.0 Å². The molecule has 20 heavy (non-hydrogen) atoms. The number of nitrogens with zero attached hydrogens (tertiary/aromatic N) is 1. The van der Waals surface area contributed by atoms with E-state index in [4.69, 9.17) is 4.74 Å². The van der Waals surface area contributed by atoms with Crippen LogP contribution in [-0.2, 0) is 9.53 Å². The van der Waals surface area contributed by atoms with E-state index in [1.807, 2.05) is 0 Å². The fraction of sp³-hybridized carbons (Fsp3) is 0.812. The maximum Gasteiger partial charge on any atom is 0.223 e. The Morgan fingerprint density at radius 3 is 3.00 bits per heavy atom. The maximum atomic E-state index is 12.1. The fourth-order valence-electron chi connectivity index (χ4n) is 2.98. The molecule has 114 valence electrons. The number of allylic oxidation sites excluding steroid dienone is 2. The van der Waals surface area contributed by atoms with Crippen molar-refractivity contribution in [3.8, 4) is 0 Å². The van der Waals surface area contributed by atoms with E-state index in [-0.39, 0.29) is 17.9 Å². The standard InChI is InChI=1S/C16H28N2O2/c1-13(2)11-18-8-9-20-15(12-18)10-17-16(19)14-6-4-3-5-7-14/h3-4,13-15H,5-12H2,1-2H3,(H,17,19)/t14-,15-/m1/s1. The zero-order valence-electron chi connectivity index (χ0n) is 12.8. The molecule has 0 aromatic carbocycles. The number of amides is 1. The maximum absolute atomic E-state index is 12.1. The van der Waals surface area contributed by atoms with Gasteiger partial charge < -0.3 is 10.1 Å². The van der Waals surface area contributed by atoms with Crippen LogP contribution in [0.2, 0.25) is 0 Å². The predicted octanol–water partition coefficient (Wildman–Crippen LogP) is 1.82. The molecule has 0 unspecified atom stereocenters. The van der Waals surface area contributed by atoms with E-state index in [2.05, 4.69) is 36.2 Å². The first-order valence-corrected chi connectivity index (χ1v) is 7.92. The van der Waals surface area contributed by atoms with Gasteiger partial charge in [0.2, 0.25) is 5.91 Å². The van der Waals surface area contributed by atoms with Gasteiger partial charge in [-0.25, -0.2) is 0 Å². The van der Waals surface area contributed by atoms with Gasteiger partial charge >= 0.3 is 0 Å². The van der Waals surface area contributed by atoms with Crippen LogP contribution in [0.25, 0.3) is 0 Å². The zero-order chi connectivity index (χ0) is 14.4. The largest absolute Gasteiger partial charge is 0.374 e. The van der Waals surface area contributed by atoms with E-state index in [0.29, 0.717) is 12.5 Å². The van der Waals surface area contributed by atoms with Crippen molar-refractivity contribution < 1.29 is 9.53 Å². The summed E-state index contributed by atoms with van der Waals surface area (Å²) in [5, 5.41) is 3.07. The van der Waals surface area contributed by atoms with Crippen LogP contribution in [0, 0.1) is 11.8 Å². The molecular weight excluding hydrogens is 252 g/mol. The lowest BCUT2D eigenvalue weighted by Gasteiger charge is -2.34. The van der Waals surface area contributed by atoms with Crippen LogP contribution in [0.15, 0.2) is 12.2 Å². The number of hydrogen-bond donors (Lipinski definition) is 1. The average Bonchev–Trinajstić information content (AvgIpc) is 2.45. The Hall–Kier alpha value is -0.870. The SMILES string of the molecule is CC(C)CN1CCO[C@H](CNC(=O)[C@@H]2CC=CCC2)C1. The van der Waals surface area contributed by atoms with Crippen molar-refractivity contribution in [2.75, 3.05) is 32.8 Å². The summed E-state index contributed by atoms with van der Waals surface area (Å²) in [6.45, 7) is 8.96. The highest BCUT2D eigenvalue weighted by molar-refractivity contribution is 5.79. The summed E-state index contributed by atoms with van der Waals surface area (Å²) in [5.41, 5.74) is 0. The molecule has 1 aliphatic heterocycles. The van der Waals surface area contributed by atoms with Crippen LogP contribution in [-0.4, -0.2) is 49.7 Å². The predicted molar refractivity (Wildman–Crippen MR) is 80.5 cm³/mol. The monoisotopic (exact) mass is 280 g/mol. The molecule has 0 aromatic heterocycles. The molecule has 2 aliphatic rings. The van der Waals surface area contributed by atoms with E-state index in [0.717, 1.165) is 45.5 Å². The molecule has 0 saturated carbocycles. The number of carbonyl (C=O) groups excluding carboxylic acids is 1. The van der Waals surface area contributed by atoms with Gasteiger partial charge in [-0.05, 0) is 25.2 Å². The number of rotatable bonds is 5. The van der Waals surface area contributed by atoms with Crippen LogP contribution in [0.4, 0.5) is 0 Å². The molecule has 0 bridgehead atoms. The van der Waals surface area contributed by atoms with Crippen LogP contribution < -0.4 is 5.32 Å². The van der Waals surface area contributed by atoms with Crippen molar-refractivity contribution in [2.45, 2.75) is 39.2 Å². The van der Waals surface area contributed by atoms with Crippen molar-refractivity contribution in [3.05, 3.63) is 12.2 Å². The Morgan fingerprint density at radius 2 is 2.30 bits per heavy atom. The van der Waals surface area contributed by atoms with Gasteiger partial charge in [0.15, 0.2) is 0 Å². The van der Waals surface area contributed by atoms with Crippen molar-refractivity contribution in [1.29, 1.82) is 0 Å². The molecule has 2 rings (SSSR count). The van der Waals surface area contributed by atoms with Crippen LogP contribution in [0.3, 0.4) is 0 Å². The van der Waals surface area contributed by atoms with Crippen molar-refractivity contribution in [1.82, 2.24) is 10.2 Å². The van der Waals surface area contributed by atoms with Crippen molar-refractivity contribution in [2.24, 2.45) is 11.8 Å². The minimum absolute atomic E-state index is 0.144. The third-order valence-electron chi connectivity index (χ3n) is 3.99. The van der Waals surface area contributed by atoms with E-state index < -0.39 is 0 Å². The second-order valence-electron chi connectivity index (χ2n) is 6.37. The quantitative estimate of drug-likeness (QED) is 0.781. The molecule has 2 atom stereocenters. The third kappa shape index (κ3) is 4.91. The Kier molecular flexibility index (Phi) is 6.05. The minimum atomic E-state index is 0.144. The highest BCUT2D eigenvalue weighted by Crippen LogP contribution is 2.18. The summed E-state index contributed by atoms with van der Waals surface area (Å²) < 4.78 is 5.76. The molecule has 1 fully saturated rings. The van der Waals surface area contributed by atoms with E-state index in [9.17, 15) is 4.79 Å². The van der Waals surface area contributed by atoms with Crippen molar-refractivity contribution in [3.63, 3.8) is 0 Å². The first-order chi connectivity index (χ1) is 9.65. The van der Waals surface area contributed by atoms with E-state index >= 15 is 0 Å². The summed E-state index contributed by atoms with van der Waals surface area (Å²) in [6.07, 6.45) is 7.32. The molecule has 1 amide bonds. The highest BCUT2D eigenvalue weighted by Gasteiger charge is 2.23. The fourth-order valence-corrected chi connectivity index (χ4v) is 2.98. The number of ether oxygens (including phenoxy) is 1. The summed E-state index contributed by atoms with van der Waals surface area (Å²) in [6, 6.07) is 0. The molecule has 1 heterocycles. The van der Waals surface area contributed by atoms with E-state index in [1.165, 1.54) is 0 Å². The van der Waals surface area contributed by atoms with Gasteiger partial charge in [0, 0.05) is 32.1 Å². The summed E-state index contributed by atoms with van der Waals surface area (Å²) in [4.78, 5) is 14.5. The number of morpholine rings is 1. The lowest BCUT2D eigenvalue weighted by atomic mass is 9.93. The second kappa shape index (κ2) is 7.79. The molecule has 0 aromatic rings. The number of nitrogens with one attached hydrogen (secondary N) is 1. The average molecular weight is 280 g/mol. The molecular formula is C16H28N2O2. The van der Waals surface area contributed by atoms with Crippen LogP contribution >= 0.6 is 0 Å². The summed E-state index contributed by atoms with van der Waals surface area (Å²) in [7, 11) is 0. The normalized spacial score (nSPS) is 27.8. The minimum Gasteiger partial charge on any atom is -0.374 e. The Morgan fingerprint density at radius 1 is 1.45 bits per heavy atom. The molecule has 0 radical (unpaired) electrons. The molecule has 1 aliphatic carbocycles. The molecule has 0 spiro atoms. The topological polar surface area (TPSA) is 41.6 Å². The number of hydrogen-bond acceptors (Lipinski definition) is 3. The van der Waals surface area contributed by atoms with Crippen LogP contribution in [0.1, 0.15) is 33.1 Å². The van der Waals surface area contributed by atoms with Gasteiger partial charge in [-0.3, -0.25) is 9.69 Å². The second-order valence-corrected chi connectivity index (χ2v) is 6.37. The Labute approximate surface area is 122 Å². The highest BCUT2D eigenvalue weighted by atomic mass is 16.5. The van der Waals surface area contributed by atoms with Gasteiger partial charge in [0.05, 0.1) is 12.7 Å². The van der Waals surface area contributed by atoms with Crippen LogP contribution in [0.5, 0.6) is 0 Å². The summed E-state index contributed by atoms with van der Waals surface area (Å²) >= 11 is 0. The first kappa shape index (κ1) is 15.5. The van der Waals surface area contributed by atoms with Crippen molar-refractivity contribution >= 4 is 5.91 Å². The lowest BCUT2D eigenvalue weighted by Crippen LogP contribution is -2.49. The molecule has 4 nitrogen and oxygen atoms in total. The Bertz CT molecular complexity index is 341. The first-order valence-electron chi connectivity index (χ1n) is 7.92. The lowest BCUT2D eigenvalue weighted by molar-refractivity contribution is -0.126. The van der Waals surface area contributed by atoms with Gasteiger partial charge in [-0.2, -0.15) is 0 Å². The van der Waals surface area contributed by atoms with Gasteiger partial charge in [-0.15, -0.1) is 0 Å². The molecule has 4 heteroatoms. The van der Waals surface area contributed by atoms with E-state index in [1.54, 1.807) is 0 Å². The molecule has 1 saturated heterocycles. The zero-order valence-corrected chi connectivity index (χ0v) is 12.8. The van der Waals surface area contributed by atoms with Gasteiger partial charge in [0.25, 0.3) is 0 Å². The third-order valence-corrected chi connectivity index (χ3v) is 3.99.